The minimum Gasteiger partial charge on any atom is -0.435 e. The number of carbonyl (C=O) groups excluding carboxylic acids is 1. The van der Waals surface area contributed by atoms with Gasteiger partial charge in [0, 0.05) is 32.1 Å². The Morgan fingerprint density at radius 3 is 2.54 bits per heavy atom. The van der Waals surface area contributed by atoms with Crippen molar-refractivity contribution >= 4 is 11.9 Å². The van der Waals surface area contributed by atoms with Gasteiger partial charge in [0.15, 0.2) is 11.6 Å². The Bertz CT molecular complexity index is 1260. The normalized spacial score (nSPS) is 16.9. The average Bonchev–Trinajstić information content (AvgIpc) is 2.91. The molecule has 1 unspecified atom stereocenters. The van der Waals surface area contributed by atoms with Gasteiger partial charge in [-0.1, -0.05) is 44.2 Å². The van der Waals surface area contributed by atoms with Crippen molar-refractivity contribution in [3.05, 3.63) is 77.0 Å². The molecule has 2 aliphatic rings. The molecule has 6 nitrogen and oxygen atoms in total. The van der Waals surface area contributed by atoms with Gasteiger partial charge in [0.2, 0.25) is 17.7 Å². The van der Waals surface area contributed by atoms with Crippen LogP contribution in [-0.2, 0) is 17.8 Å². The fourth-order valence-corrected chi connectivity index (χ4v) is 5.11. The van der Waals surface area contributed by atoms with Crippen LogP contribution in [0.1, 0.15) is 55.8 Å². The highest BCUT2D eigenvalue weighted by molar-refractivity contribution is 5.84. The van der Waals surface area contributed by atoms with E-state index in [0.717, 1.165) is 49.3 Å². The molecule has 0 bridgehead atoms. The van der Waals surface area contributed by atoms with E-state index in [0.29, 0.717) is 36.8 Å². The molecule has 3 heterocycles. The summed E-state index contributed by atoms with van der Waals surface area (Å²) in [5, 5.41) is 0. The first-order valence-electron chi connectivity index (χ1n) is 13.0. The lowest BCUT2D eigenvalue weighted by atomic mass is 9.94. The van der Waals surface area contributed by atoms with Crippen LogP contribution in [0.4, 0.5) is 14.7 Å². The van der Waals surface area contributed by atoms with Crippen molar-refractivity contribution in [2.75, 3.05) is 24.5 Å². The molecule has 0 radical (unpaired) electrons. The van der Waals surface area contributed by atoms with E-state index in [9.17, 15) is 13.6 Å². The third kappa shape index (κ3) is 5.43. The van der Waals surface area contributed by atoms with E-state index in [1.807, 2.05) is 42.2 Å². The van der Waals surface area contributed by atoms with Crippen molar-refractivity contribution in [3.8, 4) is 11.6 Å². The number of halogens is 2. The maximum atomic E-state index is 14.5. The van der Waals surface area contributed by atoms with E-state index >= 15 is 0 Å². The van der Waals surface area contributed by atoms with Gasteiger partial charge in [-0.3, -0.25) is 4.79 Å². The van der Waals surface area contributed by atoms with Crippen molar-refractivity contribution in [1.29, 1.82) is 0 Å². The van der Waals surface area contributed by atoms with Crippen LogP contribution in [0.15, 0.2) is 48.5 Å². The van der Waals surface area contributed by atoms with Crippen LogP contribution in [-0.4, -0.2) is 40.4 Å². The molecule has 8 heteroatoms. The second-order valence-corrected chi connectivity index (χ2v) is 9.98. The highest BCUT2D eigenvalue weighted by Gasteiger charge is 2.32. The van der Waals surface area contributed by atoms with Crippen LogP contribution in [0.25, 0.3) is 0 Å². The van der Waals surface area contributed by atoms with Gasteiger partial charge in [-0.15, -0.1) is 0 Å². The van der Waals surface area contributed by atoms with Gasteiger partial charge in [-0.25, -0.2) is 13.8 Å². The molecule has 2 aliphatic heterocycles. The summed E-state index contributed by atoms with van der Waals surface area (Å²) in [5.74, 6) is -0.397. The van der Waals surface area contributed by atoms with Crippen molar-refractivity contribution in [3.63, 3.8) is 0 Å². The zero-order valence-electron chi connectivity index (χ0n) is 21.3. The fraction of sp³-hybridized carbons (Fsp3) is 0.414. The summed E-state index contributed by atoms with van der Waals surface area (Å²) in [6.07, 6.45) is 3.32. The Morgan fingerprint density at radius 2 is 1.84 bits per heavy atom. The Hall–Kier alpha value is -3.55. The number of benzene rings is 2. The molecule has 194 valence electrons. The summed E-state index contributed by atoms with van der Waals surface area (Å²) in [4.78, 5) is 27.1. The predicted molar refractivity (Wildman–Crippen MR) is 138 cm³/mol. The molecule has 1 atom stereocenters. The fourth-order valence-electron chi connectivity index (χ4n) is 5.11. The maximum absolute atomic E-state index is 14.5. The summed E-state index contributed by atoms with van der Waals surface area (Å²) in [7, 11) is 0. The van der Waals surface area contributed by atoms with E-state index in [4.69, 9.17) is 14.7 Å². The predicted octanol–water partition coefficient (Wildman–Crippen LogP) is 5.86. The molecular weight excluding hydrogens is 474 g/mol. The number of hydrogen-bond donors (Lipinski definition) is 0. The summed E-state index contributed by atoms with van der Waals surface area (Å²) >= 11 is 0. The van der Waals surface area contributed by atoms with Crippen LogP contribution in [0, 0.1) is 17.6 Å². The molecule has 0 spiro atoms. The number of carbonyl (C=O) groups is 1. The van der Waals surface area contributed by atoms with Crippen molar-refractivity contribution in [2.24, 2.45) is 5.92 Å². The number of ether oxygens (including phenoxy) is 1. The van der Waals surface area contributed by atoms with Crippen molar-refractivity contribution in [1.82, 2.24) is 14.9 Å². The third-order valence-electron chi connectivity index (χ3n) is 7.40. The van der Waals surface area contributed by atoms with Gasteiger partial charge in [0.1, 0.15) is 5.82 Å². The van der Waals surface area contributed by atoms with Crippen LogP contribution >= 0.6 is 0 Å². The lowest BCUT2D eigenvalue weighted by Crippen LogP contribution is -2.40. The minimum absolute atomic E-state index is 0.0346. The molecule has 2 aromatic carbocycles. The molecule has 5 rings (SSSR count). The number of hydrogen-bond acceptors (Lipinski definition) is 5. The molecule has 1 fully saturated rings. The maximum Gasteiger partial charge on any atom is 0.230 e. The van der Waals surface area contributed by atoms with Gasteiger partial charge < -0.3 is 14.5 Å². The van der Waals surface area contributed by atoms with Crippen molar-refractivity contribution < 1.29 is 18.3 Å². The highest BCUT2D eigenvalue weighted by atomic mass is 19.1. The smallest absolute Gasteiger partial charge is 0.230 e. The highest BCUT2D eigenvalue weighted by Crippen LogP contribution is 2.35. The minimum atomic E-state index is -0.806. The summed E-state index contributed by atoms with van der Waals surface area (Å²) in [5.41, 5.74) is 2.45. The van der Waals surface area contributed by atoms with Crippen LogP contribution in [0.3, 0.4) is 0 Å². The zero-order chi connectivity index (χ0) is 25.9. The Kier molecular flexibility index (Phi) is 7.35. The molecule has 0 aliphatic carbocycles. The zero-order valence-corrected chi connectivity index (χ0v) is 21.3. The number of nitrogens with zero attached hydrogens (tertiary/aromatic N) is 4. The summed E-state index contributed by atoms with van der Waals surface area (Å²) in [6, 6.07) is 13.0. The molecule has 0 N–H and O–H groups in total. The molecule has 37 heavy (non-hydrogen) atoms. The van der Waals surface area contributed by atoms with Crippen LogP contribution < -0.4 is 9.64 Å². The number of fused-ring (bicyclic) bond motifs is 1. The second kappa shape index (κ2) is 10.8. The lowest BCUT2D eigenvalue weighted by molar-refractivity contribution is -0.133. The topological polar surface area (TPSA) is 58.6 Å². The SMILES string of the molecule is CCC(C(=O)N1CCc2nc(N3CCC(C)CC3)nc(Oc3ccc(F)cc3F)c2C1)c1ccccc1. The van der Waals surface area contributed by atoms with E-state index in [1.54, 1.807) is 0 Å². The number of rotatable bonds is 6. The van der Waals surface area contributed by atoms with Gasteiger partial charge >= 0.3 is 0 Å². The van der Waals surface area contributed by atoms with Crippen LogP contribution in [0.2, 0.25) is 0 Å². The number of amides is 1. The second-order valence-electron chi connectivity index (χ2n) is 9.98. The van der Waals surface area contributed by atoms with Crippen LogP contribution in [0.5, 0.6) is 11.6 Å². The first kappa shape index (κ1) is 25.1. The Morgan fingerprint density at radius 1 is 1.08 bits per heavy atom. The van der Waals surface area contributed by atoms with E-state index in [2.05, 4.69) is 11.8 Å². The first-order chi connectivity index (χ1) is 17.9. The average molecular weight is 507 g/mol. The molecular formula is C29H32F2N4O2. The Balaban J connectivity index is 1.47. The van der Waals surface area contributed by atoms with Gasteiger partial charge in [-0.05, 0) is 42.9 Å². The van der Waals surface area contributed by atoms with Gasteiger partial charge in [0.25, 0.3) is 0 Å². The standard InChI is InChI=1S/C29H32F2N4O2/c1-3-22(20-7-5-4-6-8-20)28(36)35-16-13-25-23(18-35)27(37-26-10-9-21(30)17-24(26)31)33-29(32-25)34-14-11-19(2)12-15-34/h4-10,17,19,22H,3,11-16,18H2,1-2H3. The molecule has 1 saturated heterocycles. The monoisotopic (exact) mass is 506 g/mol. The molecule has 1 aromatic heterocycles. The van der Waals surface area contributed by atoms with Gasteiger partial charge in [0.05, 0.1) is 23.7 Å². The van der Waals surface area contributed by atoms with E-state index in [1.165, 1.54) is 6.07 Å². The summed E-state index contributed by atoms with van der Waals surface area (Å²) < 4.78 is 34.0. The first-order valence-corrected chi connectivity index (χ1v) is 13.0. The number of aromatic nitrogens is 2. The largest absolute Gasteiger partial charge is 0.435 e. The molecule has 0 saturated carbocycles. The molecule has 1 amide bonds. The Labute approximate surface area is 216 Å². The summed E-state index contributed by atoms with van der Waals surface area (Å²) in [6.45, 7) is 6.73. The third-order valence-corrected chi connectivity index (χ3v) is 7.40. The number of anilines is 1. The van der Waals surface area contributed by atoms with E-state index < -0.39 is 11.6 Å². The van der Waals surface area contributed by atoms with Gasteiger partial charge in [-0.2, -0.15) is 4.98 Å². The quantitative estimate of drug-likeness (QED) is 0.419. The van der Waals surface area contributed by atoms with E-state index in [-0.39, 0.29) is 30.0 Å². The number of piperidine rings is 1. The van der Waals surface area contributed by atoms with Crippen molar-refractivity contribution in [2.45, 2.75) is 52.0 Å². The lowest BCUT2D eigenvalue weighted by Gasteiger charge is -2.34. The molecule has 3 aromatic rings.